The molecule has 1 atom stereocenters. The molecule has 0 saturated carbocycles. The van der Waals surface area contributed by atoms with E-state index in [1.54, 1.807) is 12.3 Å². The number of hydrogen-bond acceptors (Lipinski definition) is 2. The van der Waals surface area contributed by atoms with Crippen LogP contribution in [0.2, 0.25) is 0 Å². The quantitative estimate of drug-likeness (QED) is 0.508. The van der Waals surface area contributed by atoms with E-state index in [2.05, 4.69) is 12.3 Å². The number of allylic oxidation sites excluding steroid dienone is 2. The molecule has 1 amide bonds. The number of nitrogens with zero attached hydrogens (tertiary/aromatic N) is 1. The van der Waals surface area contributed by atoms with Gasteiger partial charge in [-0.25, -0.2) is 4.79 Å². The third kappa shape index (κ3) is 2.79. The summed E-state index contributed by atoms with van der Waals surface area (Å²) in [6.07, 6.45) is 5.80. The number of rotatable bonds is 3. The maximum atomic E-state index is 11.2. The predicted molar refractivity (Wildman–Crippen MR) is 54.7 cm³/mol. The molecule has 1 fully saturated rings. The van der Waals surface area contributed by atoms with E-state index in [4.69, 9.17) is 4.74 Å². The molecule has 1 saturated heterocycles. The van der Waals surface area contributed by atoms with E-state index in [0.29, 0.717) is 19.1 Å². The summed E-state index contributed by atoms with van der Waals surface area (Å²) in [6, 6.07) is 0. The molecule has 0 aromatic heterocycles. The van der Waals surface area contributed by atoms with Gasteiger partial charge in [-0.05, 0) is 19.4 Å². The van der Waals surface area contributed by atoms with Crippen LogP contribution in [0.1, 0.15) is 13.3 Å². The highest BCUT2D eigenvalue weighted by atomic mass is 16.6. The largest absolute Gasteiger partial charge is 0.449 e. The minimum absolute atomic E-state index is 0.292. The van der Waals surface area contributed by atoms with Crippen LogP contribution in [0.15, 0.2) is 30.7 Å². The lowest BCUT2D eigenvalue weighted by Gasteiger charge is -2.28. The van der Waals surface area contributed by atoms with Gasteiger partial charge in [-0.2, -0.15) is 0 Å². The Bertz CT molecular complexity index is 275. The van der Waals surface area contributed by atoms with Crippen LogP contribution in [0.3, 0.4) is 0 Å². The zero-order chi connectivity index (χ0) is 10.4. The number of carbonyl (C=O) groups excluding carboxylic acids is 1. The average molecular weight is 193 g/mol. The van der Waals surface area contributed by atoms with Gasteiger partial charge >= 0.3 is 6.09 Å². The Morgan fingerprint density at radius 3 is 3.21 bits per heavy atom. The third-order valence-electron chi connectivity index (χ3n) is 2.03. The van der Waals surface area contributed by atoms with Crippen LogP contribution in [0.4, 0.5) is 4.79 Å². The van der Waals surface area contributed by atoms with Crippen molar-refractivity contribution in [2.24, 2.45) is 5.92 Å². The molecular weight excluding hydrogens is 178 g/mol. The van der Waals surface area contributed by atoms with Crippen LogP contribution >= 0.6 is 0 Å². The second-order valence-corrected chi connectivity index (χ2v) is 3.20. The zero-order valence-corrected chi connectivity index (χ0v) is 8.40. The van der Waals surface area contributed by atoms with Gasteiger partial charge in [-0.1, -0.05) is 6.08 Å². The average Bonchev–Trinajstić information content (AvgIpc) is 2.19. The normalized spacial score (nSPS) is 20.8. The summed E-state index contributed by atoms with van der Waals surface area (Å²) in [6.45, 7) is 6.70. The molecule has 76 valence electrons. The predicted octanol–water partition coefficient (Wildman–Crippen LogP) is 2.32. The molecule has 0 aromatic rings. The lowest BCUT2D eigenvalue weighted by atomic mass is 10.1. The zero-order valence-electron chi connectivity index (χ0n) is 8.40. The van der Waals surface area contributed by atoms with Crippen LogP contribution in [0.5, 0.6) is 0 Å². The molecular formula is C11H15NO2. The molecule has 0 bridgehead atoms. The molecule has 3 heteroatoms. The maximum Gasteiger partial charge on any atom is 0.414 e. The summed E-state index contributed by atoms with van der Waals surface area (Å²) in [5, 5.41) is 0. The van der Waals surface area contributed by atoms with Gasteiger partial charge in [0.2, 0.25) is 0 Å². The first-order valence-corrected chi connectivity index (χ1v) is 4.69. The SMILES string of the molecule is C=CC[C@@H]1COC(=O)N(C=C=CC)C1. The number of ether oxygens (including phenoxy) is 1. The molecule has 14 heavy (non-hydrogen) atoms. The van der Waals surface area contributed by atoms with Crippen molar-refractivity contribution in [3.63, 3.8) is 0 Å². The van der Waals surface area contributed by atoms with Gasteiger partial charge in [0.05, 0.1) is 12.8 Å². The molecule has 0 aromatic carbocycles. The summed E-state index contributed by atoms with van der Waals surface area (Å²) < 4.78 is 5.01. The van der Waals surface area contributed by atoms with E-state index in [0.717, 1.165) is 6.42 Å². The van der Waals surface area contributed by atoms with Crippen molar-refractivity contribution in [3.8, 4) is 0 Å². The standard InChI is InChI=1S/C11H15NO2/c1-3-5-7-12-8-10(6-4-2)9-14-11(12)13/h3-4,7,10H,2,6,8-9H2,1H3/t5?,10-/m0/s1. The van der Waals surface area contributed by atoms with E-state index < -0.39 is 0 Å². The highest BCUT2D eigenvalue weighted by molar-refractivity contribution is 5.69. The van der Waals surface area contributed by atoms with Crippen molar-refractivity contribution in [3.05, 3.63) is 30.7 Å². The van der Waals surface area contributed by atoms with E-state index in [9.17, 15) is 4.79 Å². The van der Waals surface area contributed by atoms with Crippen LogP contribution in [0, 0.1) is 5.92 Å². The first-order valence-electron chi connectivity index (χ1n) is 4.69. The van der Waals surface area contributed by atoms with E-state index in [1.165, 1.54) is 4.90 Å². The molecule has 0 unspecified atom stereocenters. The number of amides is 1. The summed E-state index contributed by atoms with van der Waals surface area (Å²) in [7, 11) is 0. The summed E-state index contributed by atoms with van der Waals surface area (Å²) in [4.78, 5) is 12.8. The monoisotopic (exact) mass is 193 g/mol. The Labute approximate surface area is 84.3 Å². The fourth-order valence-electron chi connectivity index (χ4n) is 1.33. The van der Waals surface area contributed by atoms with Crippen molar-refractivity contribution in [1.29, 1.82) is 0 Å². The first kappa shape index (κ1) is 10.6. The second-order valence-electron chi connectivity index (χ2n) is 3.20. The maximum absolute atomic E-state index is 11.2. The van der Waals surface area contributed by atoms with Crippen molar-refractivity contribution < 1.29 is 9.53 Å². The number of carbonyl (C=O) groups is 1. The van der Waals surface area contributed by atoms with Gasteiger partial charge in [0.15, 0.2) is 0 Å². The summed E-state index contributed by atoms with van der Waals surface area (Å²) >= 11 is 0. The van der Waals surface area contributed by atoms with Crippen LogP contribution < -0.4 is 0 Å². The van der Waals surface area contributed by atoms with Gasteiger partial charge in [-0.3, -0.25) is 4.90 Å². The van der Waals surface area contributed by atoms with Crippen LogP contribution in [-0.4, -0.2) is 24.1 Å². The lowest BCUT2D eigenvalue weighted by molar-refractivity contribution is 0.0614. The Morgan fingerprint density at radius 2 is 2.57 bits per heavy atom. The molecule has 1 heterocycles. The Balaban J connectivity index is 2.59. The van der Waals surface area contributed by atoms with Crippen molar-refractivity contribution >= 4 is 6.09 Å². The topological polar surface area (TPSA) is 29.5 Å². The van der Waals surface area contributed by atoms with Gasteiger partial charge in [0.25, 0.3) is 0 Å². The lowest BCUT2D eigenvalue weighted by Crippen LogP contribution is -2.39. The minimum Gasteiger partial charge on any atom is -0.449 e. The molecule has 1 aliphatic heterocycles. The summed E-state index contributed by atoms with van der Waals surface area (Å²) in [5.74, 6) is 0.347. The molecule has 0 N–H and O–H groups in total. The second kappa shape index (κ2) is 5.30. The van der Waals surface area contributed by atoms with Crippen molar-refractivity contribution in [2.45, 2.75) is 13.3 Å². The minimum atomic E-state index is -0.292. The van der Waals surface area contributed by atoms with Crippen LogP contribution in [0.25, 0.3) is 0 Å². The number of hydrogen-bond donors (Lipinski definition) is 0. The summed E-state index contributed by atoms with van der Waals surface area (Å²) in [5.41, 5.74) is 2.86. The highest BCUT2D eigenvalue weighted by Gasteiger charge is 2.24. The first-order chi connectivity index (χ1) is 6.77. The Kier molecular flexibility index (Phi) is 4.02. The Morgan fingerprint density at radius 1 is 1.79 bits per heavy atom. The molecule has 0 spiro atoms. The molecule has 1 aliphatic rings. The van der Waals surface area contributed by atoms with Crippen LogP contribution in [-0.2, 0) is 4.74 Å². The van der Waals surface area contributed by atoms with Gasteiger partial charge in [0, 0.05) is 12.5 Å². The third-order valence-corrected chi connectivity index (χ3v) is 2.03. The Hall–Kier alpha value is -1.47. The number of cyclic esters (lactones) is 1. The van der Waals surface area contributed by atoms with Crippen molar-refractivity contribution in [2.75, 3.05) is 13.2 Å². The smallest absolute Gasteiger partial charge is 0.414 e. The van der Waals surface area contributed by atoms with Gasteiger partial charge < -0.3 is 4.74 Å². The van der Waals surface area contributed by atoms with Gasteiger partial charge in [0.1, 0.15) is 0 Å². The highest BCUT2D eigenvalue weighted by Crippen LogP contribution is 2.14. The molecule has 1 rings (SSSR count). The molecule has 0 radical (unpaired) electrons. The van der Waals surface area contributed by atoms with Gasteiger partial charge in [-0.15, -0.1) is 12.3 Å². The van der Waals surface area contributed by atoms with E-state index in [1.807, 2.05) is 13.0 Å². The molecule has 3 nitrogen and oxygen atoms in total. The van der Waals surface area contributed by atoms with Crippen molar-refractivity contribution in [1.82, 2.24) is 4.90 Å². The van der Waals surface area contributed by atoms with E-state index in [-0.39, 0.29) is 6.09 Å². The van der Waals surface area contributed by atoms with E-state index >= 15 is 0 Å². The fourth-order valence-corrected chi connectivity index (χ4v) is 1.33. The fraction of sp³-hybridized carbons (Fsp3) is 0.455. The molecule has 0 aliphatic carbocycles.